The molecule has 0 bridgehead atoms. The Bertz CT molecular complexity index is 546. The Morgan fingerprint density at radius 1 is 1.33 bits per heavy atom. The van der Waals surface area contributed by atoms with E-state index in [1.165, 1.54) is 25.0 Å². The highest BCUT2D eigenvalue weighted by Crippen LogP contribution is 2.27. The maximum atomic E-state index is 12.8. The Balaban J connectivity index is 1.82. The topological polar surface area (TPSA) is 69.8 Å². The fourth-order valence-corrected chi connectivity index (χ4v) is 3.52. The molecule has 0 radical (unpaired) electrons. The van der Waals surface area contributed by atoms with Gasteiger partial charge in [0.05, 0.1) is 5.56 Å². The molecule has 2 heterocycles. The largest absolute Gasteiger partial charge is 0.508 e. The van der Waals surface area contributed by atoms with Gasteiger partial charge in [0.1, 0.15) is 5.75 Å². The number of nitrogen functional groups attached to an aromatic ring is 1. The number of anilines is 1. The first-order valence-corrected chi connectivity index (χ1v) is 7.70. The molecule has 0 spiro atoms. The average molecular weight is 289 g/mol. The van der Waals surface area contributed by atoms with Gasteiger partial charge < -0.3 is 15.7 Å². The lowest BCUT2D eigenvalue weighted by atomic mass is 9.96. The summed E-state index contributed by atoms with van der Waals surface area (Å²) in [6, 6.07) is 5.21. The number of nitrogens with two attached hydrogens (primary N) is 1. The summed E-state index contributed by atoms with van der Waals surface area (Å²) < 4.78 is 0. The first-order valence-electron chi connectivity index (χ1n) is 7.70. The number of rotatable bonds is 1. The molecule has 2 aliphatic rings. The minimum absolute atomic E-state index is 0.0684. The molecule has 21 heavy (non-hydrogen) atoms. The van der Waals surface area contributed by atoms with Gasteiger partial charge >= 0.3 is 0 Å². The predicted molar refractivity (Wildman–Crippen MR) is 82.2 cm³/mol. The zero-order valence-corrected chi connectivity index (χ0v) is 12.5. The average Bonchev–Trinajstić information content (AvgIpc) is 2.48. The van der Waals surface area contributed by atoms with E-state index in [1.54, 1.807) is 6.07 Å². The summed E-state index contributed by atoms with van der Waals surface area (Å²) in [4.78, 5) is 17.2. The summed E-state index contributed by atoms with van der Waals surface area (Å²) in [5.41, 5.74) is 6.74. The molecule has 1 aromatic carbocycles. The van der Waals surface area contributed by atoms with E-state index in [4.69, 9.17) is 5.73 Å². The van der Waals surface area contributed by atoms with Crippen molar-refractivity contribution in [2.45, 2.75) is 38.3 Å². The molecule has 0 aromatic heterocycles. The second-order valence-corrected chi connectivity index (χ2v) is 6.22. The number of nitrogens with zero attached hydrogens (tertiary/aromatic N) is 2. The standard InChI is InChI=1S/C16H23N3O2/c1-11-9-18-7-3-2-4-12(18)10-19(11)16(21)14-8-13(20)5-6-15(14)17/h5-6,8,11-12,20H,2-4,7,9-10,17H2,1H3. The molecule has 3 N–H and O–H groups in total. The van der Waals surface area contributed by atoms with E-state index in [9.17, 15) is 9.90 Å². The van der Waals surface area contributed by atoms with Crippen molar-refractivity contribution in [3.63, 3.8) is 0 Å². The summed E-state index contributed by atoms with van der Waals surface area (Å²) in [5.74, 6) is 0.0117. The van der Waals surface area contributed by atoms with E-state index >= 15 is 0 Å². The highest BCUT2D eigenvalue weighted by Gasteiger charge is 2.35. The third kappa shape index (κ3) is 2.70. The number of aromatic hydroxyl groups is 1. The van der Waals surface area contributed by atoms with Gasteiger partial charge in [-0.25, -0.2) is 0 Å². The van der Waals surface area contributed by atoms with E-state index in [0.717, 1.165) is 26.1 Å². The van der Waals surface area contributed by atoms with Crippen LogP contribution in [0.4, 0.5) is 5.69 Å². The van der Waals surface area contributed by atoms with Crippen LogP contribution in [0.3, 0.4) is 0 Å². The van der Waals surface area contributed by atoms with Gasteiger partial charge in [-0.2, -0.15) is 0 Å². The summed E-state index contributed by atoms with van der Waals surface area (Å²) in [5, 5.41) is 9.60. The first-order chi connectivity index (χ1) is 10.1. The monoisotopic (exact) mass is 289 g/mol. The Morgan fingerprint density at radius 2 is 2.14 bits per heavy atom. The zero-order valence-electron chi connectivity index (χ0n) is 12.5. The number of hydrogen-bond acceptors (Lipinski definition) is 4. The molecular weight excluding hydrogens is 266 g/mol. The van der Waals surface area contributed by atoms with Crippen molar-refractivity contribution in [3.8, 4) is 5.75 Å². The molecule has 5 heteroatoms. The Hall–Kier alpha value is -1.75. The van der Waals surface area contributed by atoms with Crippen LogP contribution < -0.4 is 5.73 Å². The molecule has 2 unspecified atom stereocenters. The molecule has 114 valence electrons. The lowest BCUT2D eigenvalue weighted by Crippen LogP contribution is -2.60. The number of phenols is 1. The van der Waals surface area contributed by atoms with E-state index in [1.807, 2.05) is 4.90 Å². The Kier molecular flexibility index (Phi) is 3.76. The van der Waals surface area contributed by atoms with Crippen LogP contribution in [0.15, 0.2) is 18.2 Å². The van der Waals surface area contributed by atoms with Gasteiger partial charge in [0.15, 0.2) is 0 Å². The lowest BCUT2D eigenvalue weighted by Gasteiger charge is -2.47. The van der Waals surface area contributed by atoms with Gasteiger partial charge in [0, 0.05) is 30.9 Å². The molecule has 2 aliphatic heterocycles. The van der Waals surface area contributed by atoms with E-state index < -0.39 is 0 Å². The van der Waals surface area contributed by atoms with Crippen LogP contribution in [0, 0.1) is 0 Å². The number of carbonyl (C=O) groups is 1. The number of hydrogen-bond donors (Lipinski definition) is 2. The van der Waals surface area contributed by atoms with Crippen molar-refractivity contribution in [1.82, 2.24) is 9.80 Å². The highest BCUT2D eigenvalue weighted by atomic mass is 16.3. The molecule has 3 rings (SSSR count). The van der Waals surface area contributed by atoms with Gasteiger partial charge in [-0.05, 0) is 44.5 Å². The SMILES string of the molecule is CC1CN2CCCCC2CN1C(=O)c1cc(O)ccc1N. The van der Waals surface area contributed by atoms with Crippen LogP contribution >= 0.6 is 0 Å². The molecule has 0 saturated carbocycles. The van der Waals surface area contributed by atoms with Crippen LogP contribution in [0.1, 0.15) is 36.5 Å². The predicted octanol–water partition coefficient (Wildman–Crippen LogP) is 1.67. The summed E-state index contributed by atoms with van der Waals surface area (Å²) >= 11 is 0. The maximum Gasteiger partial charge on any atom is 0.256 e. The highest BCUT2D eigenvalue weighted by molar-refractivity contribution is 5.99. The van der Waals surface area contributed by atoms with Crippen molar-refractivity contribution in [2.24, 2.45) is 0 Å². The van der Waals surface area contributed by atoms with Crippen molar-refractivity contribution < 1.29 is 9.90 Å². The Labute approximate surface area is 125 Å². The quantitative estimate of drug-likeness (QED) is 0.609. The molecule has 2 saturated heterocycles. The van der Waals surface area contributed by atoms with Gasteiger partial charge in [-0.1, -0.05) is 6.42 Å². The minimum atomic E-state index is -0.0684. The number of fused-ring (bicyclic) bond motifs is 1. The molecule has 5 nitrogen and oxygen atoms in total. The Morgan fingerprint density at radius 3 is 2.95 bits per heavy atom. The van der Waals surface area contributed by atoms with E-state index in [-0.39, 0.29) is 17.7 Å². The third-order valence-corrected chi connectivity index (χ3v) is 4.72. The second-order valence-electron chi connectivity index (χ2n) is 6.22. The fourth-order valence-electron chi connectivity index (χ4n) is 3.52. The van der Waals surface area contributed by atoms with Crippen LogP contribution in [0.25, 0.3) is 0 Å². The molecule has 2 fully saturated rings. The number of piperazine rings is 1. The lowest BCUT2D eigenvalue weighted by molar-refractivity contribution is 0.0152. The van der Waals surface area contributed by atoms with Crippen LogP contribution in [-0.4, -0.2) is 52.5 Å². The van der Waals surface area contributed by atoms with Gasteiger partial charge in [-0.15, -0.1) is 0 Å². The summed E-state index contributed by atoms with van der Waals surface area (Å²) in [6.07, 6.45) is 3.66. The number of carbonyl (C=O) groups excluding carboxylic acids is 1. The van der Waals surface area contributed by atoms with Crippen LogP contribution in [0.2, 0.25) is 0 Å². The zero-order chi connectivity index (χ0) is 15.0. The minimum Gasteiger partial charge on any atom is -0.508 e. The molecular formula is C16H23N3O2. The number of piperidine rings is 1. The smallest absolute Gasteiger partial charge is 0.256 e. The number of phenolic OH excluding ortho intramolecular Hbond substituents is 1. The van der Waals surface area contributed by atoms with Crippen molar-refractivity contribution in [2.75, 3.05) is 25.4 Å². The normalized spacial score (nSPS) is 26.4. The second kappa shape index (κ2) is 5.56. The first kappa shape index (κ1) is 14.2. The third-order valence-electron chi connectivity index (χ3n) is 4.72. The van der Waals surface area contributed by atoms with E-state index in [0.29, 0.717) is 17.3 Å². The van der Waals surface area contributed by atoms with Gasteiger partial charge in [0.2, 0.25) is 0 Å². The van der Waals surface area contributed by atoms with Gasteiger partial charge in [-0.3, -0.25) is 9.69 Å². The maximum absolute atomic E-state index is 12.8. The summed E-state index contributed by atoms with van der Waals surface area (Å²) in [6.45, 7) is 4.91. The van der Waals surface area contributed by atoms with Crippen molar-refractivity contribution >= 4 is 11.6 Å². The molecule has 2 atom stereocenters. The number of benzene rings is 1. The van der Waals surface area contributed by atoms with Crippen LogP contribution in [0.5, 0.6) is 5.75 Å². The number of amides is 1. The summed E-state index contributed by atoms with van der Waals surface area (Å²) in [7, 11) is 0. The molecule has 1 amide bonds. The van der Waals surface area contributed by atoms with Crippen molar-refractivity contribution in [1.29, 1.82) is 0 Å². The van der Waals surface area contributed by atoms with E-state index in [2.05, 4.69) is 11.8 Å². The molecule has 1 aromatic rings. The molecule has 0 aliphatic carbocycles. The van der Waals surface area contributed by atoms with Crippen LogP contribution in [-0.2, 0) is 0 Å². The van der Waals surface area contributed by atoms with Crippen molar-refractivity contribution in [3.05, 3.63) is 23.8 Å². The van der Waals surface area contributed by atoms with Gasteiger partial charge in [0.25, 0.3) is 5.91 Å². The fraction of sp³-hybridized carbons (Fsp3) is 0.562.